The largest absolute Gasteiger partial charge is 0.481 e. The number of hydrogen-bond donors (Lipinski definition) is 2. The molecule has 0 aliphatic rings. The molecule has 1 aromatic heterocycles. The van der Waals surface area contributed by atoms with Crippen molar-refractivity contribution in [3.8, 4) is 0 Å². The van der Waals surface area contributed by atoms with Crippen molar-refractivity contribution in [2.24, 2.45) is 5.73 Å². The van der Waals surface area contributed by atoms with Gasteiger partial charge in [0, 0.05) is 25.0 Å². The smallest absolute Gasteiger partial charge is 0.307 e. The highest BCUT2D eigenvalue weighted by atomic mass is 16.4. The van der Waals surface area contributed by atoms with Crippen LogP contribution in [0, 0.1) is 0 Å². The summed E-state index contributed by atoms with van der Waals surface area (Å²) in [5.74, 6) is -0.805. The van der Waals surface area contributed by atoms with Crippen LogP contribution in [0.25, 0.3) is 0 Å². The van der Waals surface area contributed by atoms with E-state index in [0.29, 0.717) is 6.54 Å². The van der Waals surface area contributed by atoms with Gasteiger partial charge in [0.25, 0.3) is 0 Å². The second-order valence-corrected chi connectivity index (χ2v) is 5.35. The Bertz CT molecular complexity index is 604. The highest BCUT2D eigenvalue weighted by Gasteiger charge is 2.09. The van der Waals surface area contributed by atoms with Gasteiger partial charge in [0.05, 0.1) is 6.42 Å². The molecule has 3 N–H and O–H groups in total. The lowest BCUT2D eigenvalue weighted by Crippen LogP contribution is -2.09. The van der Waals surface area contributed by atoms with Crippen LogP contribution in [0.1, 0.15) is 42.5 Å². The van der Waals surface area contributed by atoms with Gasteiger partial charge < -0.3 is 15.4 Å². The Balaban J connectivity index is 2.13. The molecule has 0 fully saturated rings. The van der Waals surface area contributed by atoms with E-state index < -0.39 is 5.97 Å². The molecule has 1 atom stereocenters. The van der Waals surface area contributed by atoms with Gasteiger partial charge in [-0.2, -0.15) is 0 Å². The molecular formula is C17H22N2O2. The molecule has 0 bridgehead atoms. The molecule has 112 valence electrons. The Morgan fingerprint density at radius 2 is 2.00 bits per heavy atom. The van der Waals surface area contributed by atoms with Crippen LogP contribution < -0.4 is 5.73 Å². The van der Waals surface area contributed by atoms with Gasteiger partial charge in [-0.25, -0.2) is 0 Å². The number of aromatic nitrogens is 1. The third-order valence-corrected chi connectivity index (χ3v) is 3.61. The zero-order chi connectivity index (χ0) is 15.2. The van der Waals surface area contributed by atoms with Crippen molar-refractivity contribution in [2.75, 3.05) is 0 Å². The summed E-state index contributed by atoms with van der Waals surface area (Å²) < 4.78 is 2.06. The maximum atomic E-state index is 10.9. The predicted molar refractivity (Wildman–Crippen MR) is 83.2 cm³/mol. The van der Waals surface area contributed by atoms with E-state index in [4.69, 9.17) is 10.8 Å². The average Bonchev–Trinajstić information content (AvgIpc) is 2.89. The average molecular weight is 286 g/mol. The van der Waals surface area contributed by atoms with E-state index in [1.807, 2.05) is 36.5 Å². The van der Waals surface area contributed by atoms with Crippen molar-refractivity contribution >= 4 is 5.97 Å². The summed E-state index contributed by atoms with van der Waals surface area (Å²) >= 11 is 0. The molecule has 0 aliphatic heterocycles. The van der Waals surface area contributed by atoms with Crippen LogP contribution in [-0.2, 0) is 17.8 Å². The number of carbonyl (C=O) groups is 1. The zero-order valence-corrected chi connectivity index (χ0v) is 12.3. The van der Waals surface area contributed by atoms with Crippen molar-refractivity contribution in [3.63, 3.8) is 0 Å². The van der Waals surface area contributed by atoms with E-state index in [2.05, 4.69) is 17.7 Å². The number of carboxylic acid groups (broad SMARTS) is 1. The lowest BCUT2D eigenvalue weighted by atomic mass is 10.0. The Labute approximate surface area is 125 Å². The molecule has 0 amide bonds. The van der Waals surface area contributed by atoms with Crippen molar-refractivity contribution < 1.29 is 9.90 Å². The molecule has 4 heteroatoms. The van der Waals surface area contributed by atoms with Crippen LogP contribution in [0.4, 0.5) is 0 Å². The van der Waals surface area contributed by atoms with Gasteiger partial charge in [0.2, 0.25) is 0 Å². The number of benzene rings is 1. The molecule has 21 heavy (non-hydrogen) atoms. The second kappa shape index (κ2) is 7.09. The molecule has 0 saturated heterocycles. The van der Waals surface area contributed by atoms with Crippen molar-refractivity contribution in [1.29, 1.82) is 0 Å². The molecule has 1 aromatic carbocycles. The van der Waals surface area contributed by atoms with Crippen LogP contribution in [-0.4, -0.2) is 15.6 Å². The molecule has 1 unspecified atom stereocenters. The Kier molecular flexibility index (Phi) is 5.17. The van der Waals surface area contributed by atoms with Crippen LogP contribution >= 0.6 is 0 Å². The monoisotopic (exact) mass is 286 g/mol. The maximum absolute atomic E-state index is 10.9. The topological polar surface area (TPSA) is 68.2 Å². The normalized spacial score (nSPS) is 12.3. The minimum Gasteiger partial charge on any atom is -0.481 e. The zero-order valence-electron chi connectivity index (χ0n) is 12.3. The summed E-state index contributed by atoms with van der Waals surface area (Å²) in [4.78, 5) is 10.9. The highest BCUT2D eigenvalue weighted by Crippen LogP contribution is 2.18. The highest BCUT2D eigenvalue weighted by molar-refractivity contribution is 5.70. The third kappa shape index (κ3) is 4.20. The standard InChI is InChI=1S/C17H22N2O2/c1-2-5-16(18)15-8-9-19(12-15)11-14-7-4-3-6-13(14)10-17(20)21/h3-4,6-9,12,16H,2,5,10-11,18H2,1H3,(H,20,21). The lowest BCUT2D eigenvalue weighted by molar-refractivity contribution is -0.136. The summed E-state index contributed by atoms with van der Waals surface area (Å²) in [6, 6.07) is 9.78. The molecule has 0 saturated carbocycles. The fourth-order valence-electron chi connectivity index (χ4n) is 2.50. The first kappa shape index (κ1) is 15.3. The SMILES string of the molecule is CCCC(N)c1ccn(Cc2ccccc2CC(=O)O)c1. The van der Waals surface area contributed by atoms with E-state index in [1.165, 1.54) is 0 Å². The van der Waals surface area contributed by atoms with Gasteiger partial charge in [-0.1, -0.05) is 37.6 Å². The first-order valence-electron chi connectivity index (χ1n) is 7.30. The third-order valence-electron chi connectivity index (χ3n) is 3.61. The van der Waals surface area contributed by atoms with E-state index in [0.717, 1.165) is 29.5 Å². The van der Waals surface area contributed by atoms with Gasteiger partial charge in [-0.15, -0.1) is 0 Å². The molecule has 4 nitrogen and oxygen atoms in total. The minimum atomic E-state index is -0.805. The molecule has 0 radical (unpaired) electrons. The minimum absolute atomic E-state index is 0.0552. The van der Waals surface area contributed by atoms with Gasteiger partial charge in [0.1, 0.15) is 0 Å². The summed E-state index contributed by atoms with van der Waals surface area (Å²) in [6.07, 6.45) is 6.15. The summed E-state index contributed by atoms with van der Waals surface area (Å²) in [5, 5.41) is 8.97. The van der Waals surface area contributed by atoms with Gasteiger partial charge in [-0.05, 0) is 29.2 Å². The van der Waals surface area contributed by atoms with Gasteiger partial charge in [-0.3, -0.25) is 4.79 Å². The summed E-state index contributed by atoms with van der Waals surface area (Å²) in [5.41, 5.74) is 9.14. The van der Waals surface area contributed by atoms with E-state index in [1.54, 1.807) is 0 Å². The van der Waals surface area contributed by atoms with E-state index in [9.17, 15) is 4.79 Å². The molecule has 0 aliphatic carbocycles. The fourth-order valence-corrected chi connectivity index (χ4v) is 2.50. The fraction of sp³-hybridized carbons (Fsp3) is 0.353. The van der Waals surface area contributed by atoms with E-state index in [-0.39, 0.29) is 12.5 Å². The number of hydrogen-bond acceptors (Lipinski definition) is 2. The summed E-state index contributed by atoms with van der Waals surface area (Å²) in [6.45, 7) is 2.79. The first-order valence-corrected chi connectivity index (χ1v) is 7.30. The molecule has 2 aromatic rings. The van der Waals surface area contributed by atoms with Crippen molar-refractivity contribution in [3.05, 3.63) is 59.4 Å². The molecule has 0 spiro atoms. The Morgan fingerprint density at radius 3 is 2.67 bits per heavy atom. The number of nitrogens with zero attached hydrogens (tertiary/aromatic N) is 1. The first-order chi connectivity index (χ1) is 10.1. The second-order valence-electron chi connectivity index (χ2n) is 5.35. The number of aliphatic carboxylic acids is 1. The van der Waals surface area contributed by atoms with Crippen molar-refractivity contribution in [2.45, 2.75) is 38.8 Å². The quantitative estimate of drug-likeness (QED) is 0.822. The lowest BCUT2D eigenvalue weighted by Gasteiger charge is -2.10. The predicted octanol–water partition coefficient (Wildman–Crippen LogP) is 2.96. The van der Waals surface area contributed by atoms with Crippen LogP contribution in [0.5, 0.6) is 0 Å². The number of carboxylic acids is 1. The van der Waals surface area contributed by atoms with Crippen LogP contribution in [0.3, 0.4) is 0 Å². The number of rotatable bonds is 7. The van der Waals surface area contributed by atoms with Gasteiger partial charge in [0.15, 0.2) is 0 Å². The Morgan fingerprint density at radius 1 is 1.29 bits per heavy atom. The van der Waals surface area contributed by atoms with Crippen LogP contribution in [0.15, 0.2) is 42.7 Å². The Hall–Kier alpha value is -2.07. The molecule has 2 rings (SSSR count). The molecular weight excluding hydrogens is 264 g/mol. The van der Waals surface area contributed by atoms with Crippen LogP contribution in [0.2, 0.25) is 0 Å². The maximum Gasteiger partial charge on any atom is 0.307 e. The van der Waals surface area contributed by atoms with E-state index >= 15 is 0 Å². The van der Waals surface area contributed by atoms with Gasteiger partial charge >= 0.3 is 5.97 Å². The molecule has 1 heterocycles. The van der Waals surface area contributed by atoms with Crippen molar-refractivity contribution in [1.82, 2.24) is 4.57 Å². The summed E-state index contributed by atoms with van der Waals surface area (Å²) in [7, 11) is 0. The number of nitrogens with two attached hydrogens (primary N) is 1.